The number of fused-ring (bicyclic) bond motifs is 2. The van der Waals surface area contributed by atoms with Gasteiger partial charge in [0.15, 0.2) is 0 Å². The number of benzene rings is 1. The molecule has 61 heavy (non-hydrogen) atoms. The highest BCUT2D eigenvalue weighted by Crippen LogP contribution is 2.38. The number of ether oxygens (including phenoxy) is 1. The number of hydrogen-bond acceptors (Lipinski definition) is 10. The van der Waals surface area contributed by atoms with Gasteiger partial charge in [-0.1, -0.05) is 12.1 Å². The van der Waals surface area contributed by atoms with Crippen molar-refractivity contribution in [1.82, 2.24) is 29.7 Å². The predicted octanol–water partition coefficient (Wildman–Crippen LogP) is 6.22. The van der Waals surface area contributed by atoms with Crippen molar-refractivity contribution in [3.63, 3.8) is 0 Å². The molecule has 1 saturated carbocycles. The molecule has 1 aliphatic carbocycles. The number of anilines is 2. The number of rotatable bonds is 16. The number of nitrogens with one attached hydrogen (secondary N) is 3. The summed E-state index contributed by atoms with van der Waals surface area (Å²) >= 11 is 0. The van der Waals surface area contributed by atoms with Gasteiger partial charge in [-0.3, -0.25) is 24.1 Å². The van der Waals surface area contributed by atoms with Gasteiger partial charge in [-0.25, -0.2) is 9.50 Å². The maximum atomic E-state index is 13.3. The summed E-state index contributed by atoms with van der Waals surface area (Å²) in [4.78, 5) is 58.8. The van der Waals surface area contributed by atoms with E-state index in [-0.39, 0.29) is 17.5 Å². The molecular weight excluding hydrogens is 794 g/mol. The third-order valence-corrected chi connectivity index (χ3v) is 11.8. The molecule has 2 aliphatic heterocycles. The molecule has 1 aromatic carbocycles. The van der Waals surface area contributed by atoms with Crippen LogP contribution in [0.3, 0.4) is 0 Å². The summed E-state index contributed by atoms with van der Waals surface area (Å²) in [7, 11) is 2.13. The Kier molecular flexibility index (Phi) is 13.1. The quantitative estimate of drug-likeness (QED) is 0.0751. The summed E-state index contributed by atoms with van der Waals surface area (Å²) in [5, 5.41) is 24.5. The Morgan fingerprint density at radius 3 is 2.48 bits per heavy atom. The van der Waals surface area contributed by atoms with Crippen molar-refractivity contribution in [1.29, 1.82) is 0 Å². The van der Waals surface area contributed by atoms with Gasteiger partial charge in [0.2, 0.25) is 5.91 Å². The van der Waals surface area contributed by atoms with E-state index in [1.165, 1.54) is 6.07 Å². The van der Waals surface area contributed by atoms with E-state index in [1.54, 1.807) is 48.8 Å². The van der Waals surface area contributed by atoms with E-state index in [2.05, 4.69) is 32.9 Å². The van der Waals surface area contributed by atoms with Crippen molar-refractivity contribution in [2.45, 2.75) is 89.0 Å². The van der Waals surface area contributed by atoms with Crippen molar-refractivity contribution in [2.75, 3.05) is 57.1 Å². The molecule has 7 rings (SSSR count). The zero-order valence-electron chi connectivity index (χ0n) is 34.7. The number of imide groups is 1. The zero-order valence-corrected chi connectivity index (χ0v) is 34.7. The molecule has 5 heterocycles. The number of amides is 4. The number of alkyl halides is 3. The Labute approximate surface area is 352 Å². The fraction of sp³-hybridized carbons (Fsp3) is 0.500. The lowest BCUT2D eigenvalue weighted by Crippen LogP contribution is -2.52. The Hall–Kier alpha value is -5.39. The first-order chi connectivity index (χ1) is 29.1. The van der Waals surface area contributed by atoms with E-state index >= 15 is 0 Å². The number of halogens is 3. The van der Waals surface area contributed by atoms with Gasteiger partial charge in [-0.05, 0) is 115 Å². The molecule has 2 fully saturated rings. The molecule has 17 heteroatoms. The Balaban J connectivity index is 0.826. The fourth-order valence-corrected chi connectivity index (χ4v) is 8.60. The second-order valence-corrected chi connectivity index (χ2v) is 16.8. The molecule has 1 atom stereocenters. The van der Waals surface area contributed by atoms with Crippen LogP contribution < -0.4 is 16.0 Å². The van der Waals surface area contributed by atoms with Crippen LogP contribution in [-0.4, -0.2) is 106 Å². The minimum atomic E-state index is -4.70. The smallest absolute Gasteiger partial charge is 0.386 e. The molecule has 14 nitrogen and oxygen atoms in total. The van der Waals surface area contributed by atoms with Gasteiger partial charge in [0.05, 0.1) is 33.6 Å². The average Bonchev–Trinajstić information content (AvgIpc) is 3.75. The standard InChI is InChI=1S/C44H53F3N8O6/c1-43(2,60)31-26-54-29(24-35(31)51-39(56)33-11-5-13-37(50-33)44(45,46)47)23-34(52-54)28-16-14-27(15-17-28)25-53(3)20-8-22-61-21-7-19-48-32-10-4-9-30-38(32)42(59)55(41(30)58)36-12-6-18-49-40(36)57/h4-5,9-11,13,23-24,26-28,36,48,60H,6-8,12,14-22,25H2,1-3H3,(H,49,57)(H,51,56). The topological polar surface area (TPSA) is 170 Å². The molecule has 0 radical (unpaired) electrons. The predicted molar refractivity (Wildman–Crippen MR) is 221 cm³/mol. The normalized spacial score (nSPS) is 19.7. The summed E-state index contributed by atoms with van der Waals surface area (Å²) in [6.07, 6.45) is 3.75. The Morgan fingerprint density at radius 2 is 1.74 bits per heavy atom. The monoisotopic (exact) mass is 846 g/mol. The van der Waals surface area contributed by atoms with Crippen molar-refractivity contribution < 1.29 is 42.2 Å². The van der Waals surface area contributed by atoms with Crippen LogP contribution in [0.2, 0.25) is 0 Å². The molecule has 0 spiro atoms. The van der Waals surface area contributed by atoms with E-state index in [9.17, 15) is 37.5 Å². The third-order valence-electron chi connectivity index (χ3n) is 11.8. The summed E-state index contributed by atoms with van der Waals surface area (Å²) < 4.78 is 47.3. The molecule has 326 valence electrons. The average molecular weight is 847 g/mol. The van der Waals surface area contributed by atoms with Crippen LogP contribution in [0.15, 0.2) is 54.7 Å². The van der Waals surface area contributed by atoms with E-state index < -0.39 is 46.9 Å². The van der Waals surface area contributed by atoms with Crippen molar-refractivity contribution in [3.05, 3.63) is 88.5 Å². The summed E-state index contributed by atoms with van der Waals surface area (Å²) in [5.41, 5.74) is 0.480. The van der Waals surface area contributed by atoms with Crippen molar-refractivity contribution in [2.24, 2.45) is 5.92 Å². The van der Waals surface area contributed by atoms with Crippen LogP contribution in [0.5, 0.6) is 0 Å². The van der Waals surface area contributed by atoms with Crippen molar-refractivity contribution >= 4 is 40.5 Å². The maximum absolute atomic E-state index is 13.3. The lowest BCUT2D eigenvalue weighted by atomic mass is 9.80. The van der Waals surface area contributed by atoms with Gasteiger partial charge in [0.25, 0.3) is 17.7 Å². The minimum Gasteiger partial charge on any atom is -0.386 e. The molecule has 0 bridgehead atoms. The van der Waals surface area contributed by atoms with Crippen molar-refractivity contribution in [3.8, 4) is 0 Å². The van der Waals surface area contributed by atoms with Crippen LogP contribution in [0.4, 0.5) is 24.5 Å². The first-order valence-electron chi connectivity index (χ1n) is 21.0. The molecule has 4 aromatic rings. The molecule has 4 amide bonds. The number of aromatic nitrogens is 3. The third kappa shape index (κ3) is 10.1. The lowest BCUT2D eigenvalue weighted by Gasteiger charge is -2.30. The second kappa shape index (κ2) is 18.3. The lowest BCUT2D eigenvalue weighted by molar-refractivity contribution is -0.141. The molecule has 3 aliphatic rings. The first-order valence-corrected chi connectivity index (χ1v) is 21.0. The largest absolute Gasteiger partial charge is 0.433 e. The maximum Gasteiger partial charge on any atom is 0.433 e. The Bertz CT molecular complexity index is 2270. The SMILES string of the molecule is CN(CCCOCCCNc1cccc2c1C(=O)N(C1CCCNC1=O)C2=O)CC1CCC(c2cc3cc(NC(=O)c4cccc(C(F)(F)F)n4)c(C(C)(C)O)cn3n2)CC1. The number of hydrogen-bond donors (Lipinski definition) is 4. The van der Waals surface area contributed by atoms with E-state index in [4.69, 9.17) is 9.84 Å². The number of pyridine rings is 2. The molecule has 1 saturated heterocycles. The van der Waals surface area contributed by atoms with Crippen LogP contribution in [0.1, 0.15) is 119 Å². The molecular formula is C44H53F3N8O6. The van der Waals surface area contributed by atoms with Crippen LogP contribution >= 0.6 is 0 Å². The molecule has 3 aromatic heterocycles. The van der Waals surface area contributed by atoms with E-state index in [1.807, 2.05) is 6.07 Å². The fourth-order valence-electron chi connectivity index (χ4n) is 8.60. The Morgan fingerprint density at radius 1 is 0.984 bits per heavy atom. The summed E-state index contributed by atoms with van der Waals surface area (Å²) in [5.74, 6) is -1.19. The van der Waals surface area contributed by atoms with Gasteiger partial charge in [0.1, 0.15) is 17.4 Å². The number of aliphatic hydroxyl groups is 1. The highest BCUT2D eigenvalue weighted by atomic mass is 19.4. The minimum absolute atomic E-state index is 0.243. The van der Waals surface area contributed by atoms with E-state index in [0.29, 0.717) is 79.4 Å². The van der Waals surface area contributed by atoms with E-state index in [0.717, 1.165) is 67.9 Å². The van der Waals surface area contributed by atoms with Crippen LogP contribution in [0, 0.1) is 5.92 Å². The highest BCUT2D eigenvalue weighted by Gasteiger charge is 2.44. The second-order valence-electron chi connectivity index (χ2n) is 16.8. The summed E-state index contributed by atoms with van der Waals surface area (Å²) in [6.45, 7) is 7.28. The number of carbonyl (C=O) groups is 4. The number of nitrogens with zero attached hydrogens (tertiary/aromatic N) is 5. The molecule has 1 unspecified atom stereocenters. The molecule has 4 N–H and O–H groups in total. The van der Waals surface area contributed by atoms with Gasteiger partial charge >= 0.3 is 6.18 Å². The van der Waals surface area contributed by atoms with Gasteiger partial charge in [-0.15, -0.1) is 0 Å². The zero-order chi connectivity index (χ0) is 43.5. The van der Waals surface area contributed by atoms with Gasteiger partial charge < -0.3 is 30.7 Å². The first kappa shape index (κ1) is 43.7. The highest BCUT2D eigenvalue weighted by molar-refractivity contribution is 6.25. The van der Waals surface area contributed by atoms with Crippen LogP contribution in [0.25, 0.3) is 5.52 Å². The van der Waals surface area contributed by atoms with Gasteiger partial charge in [-0.2, -0.15) is 18.3 Å². The summed E-state index contributed by atoms with van der Waals surface area (Å²) in [6, 6.07) is 11.2. The van der Waals surface area contributed by atoms with Crippen LogP contribution in [-0.2, 0) is 21.3 Å². The van der Waals surface area contributed by atoms with Gasteiger partial charge in [0, 0.05) is 62.8 Å². The number of piperidine rings is 1. The number of carbonyl (C=O) groups excluding carboxylic acids is 4.